The van der Waals surface area contributed by atoms with Crippen molar-refractivity contribution in [3.8, 4) is 0 Å². The van der Waals surface area contributed by atoms with Gasteiger partial charge in [0.1, 0.15) is 11.6 Å². The molecule has 0 rings (SSSR count). The number of hydrogen-bond donors (Lipinski definition) is 0. The summed E-state index contributed by atoms with van der Waals surface area (Å²) >= 11 is 0. The van der Waals surface area contributed by atoms with Crippen LogP contribution in [0.2, 0.25) is 0 Å². The van der Waals surface area contributed by atoms with Crippen LogP contribution in [0.15, 0.2) is 36.7 Å². The van der Waals surface area contributed by atoms with Gasteiger partial charge in [0.15, 0.2) is 0 Å². The van der Waals surface area contributed by atoms with Crippen LogP contribution in [-0.4, -0.2) is 5.78 Å². The molecule has 0 radical (unpaired) electrons. The minimum absolute atomic E-state index is 0.0203. The fourth-order valence-corrected chi connectivity index (χ4v) is 0.931. The summed E-state index contributed by atoms with van der Waals surface area (Å²) in [7, 11) is 0. The second-order valence-corrected chi connectivity index (χ2v) is 3.44. The van der Waals surface area contributed by atoms with Gasteiger partial charge in [-0.05, 0) is 31.9 Å². The summed E-state index contributed by atoms with van der Waals surface area (Å²) in [4.78, 5) is 10.9. The van der Waals surface area contributed by atoms with Crippen molar-refractivity contribution in [3.05, 3.63) is 36.7 Å². The number of rotatable bonds is 6. The lowest BCUT2D eigenvalue weighted by Crippen LogP contribution is -2.05. The second kappa shape index (κ2) is 6.30. The Bertz CT molecular complexity index is 263. The molecule has 0 saturated carbocycles. The second-order valence-electron chi connectivity index (χ2n) is 3.44. The van der Waals surface area contributed by atoms with E-state index >= 15 is 0 Å². The molecule has 0 aliphatic heterocycles. The average molecular weight is 196 g/mol. The zero-order valence-corrected chi connectivity index (χ0v) is 8.85. The number of ketones is 1. The molecule has 0 aromatic carbocycles. The molecule has 2 heteroatoms. The van der Waals surface area contributed by atoms with E-state index < -0.39 is 0 Å². The highest BCUT2D eigenvalue weighted by molar-refractivity contribution is 5.77. The van der Waals surface area contributed by atoms with E-state index in [4.69, 9.17) is 0 Å². The Morgan fingerprint density at radius 1 is 1.57 bits per heavy atom. The monoisotopic (exact) mass is 196 g/mol. The Morgan fingerprint density at radius 2 is 2.14 bits per heavy atom. The van der Waals surface area contributed by atoms with E-state index in [-0.39, 0.29) is 17.5 Å². The van der Waals surface area contributed by atoms with Gasteiger partial charge in [0.2, 0.25) is 0 Å². The Hall–Kier alpha value is -1.18. The summed E-state index contributed by atoms with van der Waals surface area (Å²) < 4.78 is 12.7. The Labute approximate surface area is 85.0 Å². The summed E-state index contributed by atoms with van der Waals surface area (Å²) in [5.41, 5.74) is 0.690. The first-order valence-corrected chi connectivity index (χ1v) is 4.65. The molecule has 1 unspecified atom stereocenters. The van der Waals surface area contributed by atoms with Crippen LogP contribution < -0.4 is 0 Å². The van der Waals surface area contributed by atoms with Gasteiger partial charge in [0.25, 0.3) is 0 Å². The third kappa shape index (κ3) is 5.46. The Morgan fingerprint density at radius 3 is 2.57 bits per heavy atom. The van der Waals surface area contributed by atoms with Crippen LogP contribution in [0.4, 0.5) is 4.39 Å². The van der Waals surface area contributed by atoms with Gasteiger partial charge in [0, 0.05) is 5.92 Å². The third-order valence-electron chi connectivity index (χ3n) is 2.13. The lowest BCUT2D eigenvalue weighted by molar-refractivity contribution is -0.120. The fraction of sp³-hybridized carbons (Fsp3) is 0.417. The molecule has 1 atom stereocenters. The van der Waals surface area contributed by atoms with Gasteiger partial charge in [-0.3, -0.25) is 4.79 Å². The summed E-state index contributed by atoms with van der Waals surface area (Å²) in [5.74, 6) is -0.205. The molecule has 0 heterocycles. The van der Waals surface area contributed by atoms with E-state index in [1.54, 1.807) is 6.92 Å². The molecule has 0 saturated heterocycles. The normalized spacial score (nSPS) is 13.5. The lowest BCUT2D eigenvalue weighted by atomic mass is 9.98. The number of hydrogen-bond acceptors (Lipinski definition) is 1. The molecular weight excluding hydrogens is 179 g/mol. The van der Waals surface area contributed by atoms with Gasteiger partial charge in [-0.15, -0.1) is 0 Å². The minimum atomic E-state index is -0.384. The quantitative estimate of drug-likeness (QED) is 0.593. The van der Waals surface area contributed by atoms with Crippen LogP contribution in [0.1, 0.15) is 26.7 Å². The average Bonchev–Trinajstić information content (AvgIpc) is 2.13. The highest BCUT2D eigenvalue weighted by Crippen LogP contribution is 2.14. The standard InChI is InChI=1S/C12H17FO/c1-5-12(13)8-9(2)6-7-10(3)11(4)14/h5,8,10H,1-2,6-7H2,3-4H3/b12-8+. The van der Waals surface area contributed by atoms with Crippen molar-refractivity contribution in [2.45, 2.75) is 26.7 Å². The van der Waals surface area contributed by atoms with Gasteiger partial charge in [-0.2, -0.15) is 0 Å². The topological polar surface area (TPSA) is 17.1 Å². The summed E-state index contributed by atoms with van der Waals surface area (Å²) in [6.45, 7) is 10.4. The summed E-state index contributed by atoms with van der Waals surface area (Å²) in [5, 5.41) is 0. The zero-order chi connectivity index (χ0) is 11.1. The highest BCUT2D eigenvalue weighted by Gasteiger charge is 2.07. The lowest BCUT2D eigenvalue weighted by Gasteiger charge is -2.06. The number of Topliss-reactive ketones (excluding diaryl/α,β-unsaturated/α-hetero) is 1. The van der Waals surface area contributed by atoms with Gasteiger partial charge >= 0.3 is 0 Å². The Kier molecular flexibility index (Phi) is 5.77. The van der Waals surface area contributed by atoms with Crippen LogP contribution in [-0.2, 0) is 4.79 Å². The molecule has 1 nitrogen and oxygen atoms in total. The first-order chi connectivity index (χ1) is 6.47. The summed E-state index contributed by atoms with van der Waals surface area (Å²) in [6.07, 6.45) is 3.84. The van der Waals surface area contributed by atoms with Crippen molar-refractivity contribution < 1.29 is 9.18 Å². The van der Waals surface area contributed by atoms with Crippen LogP contribution in [0.3, 0.4) is 0 Å². The first kappa shape index (κ1) is 12.8. The van der Waals surface area contributed by atoms with Gasteiger partial charge < -0.3 is 0 Å². The van der Waals surface area contributed by atoms with Crippen LogP contribution in [0.5, 0.6) is 0 Å². The molecule has 0 fully saturated rings. The van der Waals surface area contributed by atoms with Crippen molar-refractivity contribution >= 4 is 5.78 Å². The molecule has 0 aliphatic carbocycles. The number of carbonyl (C=O) groups is 1. The molecule has 0 bridgehead atoms. The molecule has 14 heavy (non-hydrogen) atoms. The van der Waals surface area contributed by atoms with Gasteiger partial charge in [-0.1, -0.05) is 25.7 Å². The van der Waals surface area contributed by atoms with Crippen molar-refractivity contribution in [3.63, 3.8) is 0 Å². The molecule has 0 aromatic rings. The molecular formula is C12H17FO. The smallest absolute Gasteiger partial charge is 0.132 e. The van der Waals surface area contributed by atoms with E-state index in [0.717, 1.165) is 12.5 Å². The molecule has 0 aromatic heterocycles. The van der Waals surface area contributed by atoms with Crippen molar-refractivity contribution in [2.75, 3.05) is 0 Å². The van der Waals surface area contributed by atoms with Crippen molar-refractivity contribution in [1.82, 2.24) is 0 Å². The summed E-state index contributed by atoms with van der Waals surface area (Å²) in [6, 6.07) is 0. The SMILES string of the molecule is C=C/C(F)=C\C(=C)CCC(C)C(C)=O. The largest absolute Gasteiger partial charge is 0.300 e. The molecule has 0 N–H and O–H groups in total. The molecule has 0 spiro atoms. The minimum Gasteiger partial charge on any atom is -0.300 e. The highest BCUT2D eigenvalue weighted by atomic mass is 19.1. The van der Waals surface area contributed by atoms with Crippen LogP contribution >= 0.6 is 0 Å². The molecule has 78 valence electrons. The predicted molar refractivity (Wildman–Crippen MR) is 57.6 cm³/mol. The van der Waals surface area contributed by atoms with Gasteiger partial charge in [0.05, 0.1) is 0 Å². The van der Waals surface area contributed by atoms with E-state index in [0.29, 0.717) is 12.0 Å². The maximum absolute atomic E-state index is 12.7. The number of allylic oxidation sites excluding steroid dienone is 4. The van der Waals surface area contributed by atoms with Crippen LogP contribution in [0.25, 0.3) is 0 Å². The van der Waals surface area contributed by atoms with E-state index in [1.807, 2.05) is 6.92 Å². The third-order valence-corrected chi connectivity index (χ3v) is 2.13. The number of carbonyl (C=O) groups excluding carboxylic acids is 1. The number of halogens is 1. The van der Waals surface area contributed by atoms with Crippen LogP contribution in [0, 0.1) is 5.92 Å². The van der Waals surface area contributed by atoms with Gasteiger partial charge in [-0.25, -0.2) is 4.39 Å². The Balaban J connectivity index is 3.98. The van der Waals surface area contributed by atoms with Crippen molar-refractivity contribution in [1.29, 1.82) is 0 Å². The molecule has 0 aliphatic rings. The zero-order valence-electron chi connectivity index (χ0n) is 8.85. The van der Waals surface area contributed by atoms with E-state index in [1.165, 1.54) is 6.08 Å². The van der Waals surface area contributed by atoms with E-state index in [9.17, 15) is 9.18 Å². The maximum Gasteiger partial charge on any atom is 0.132 e. The predicted octanol–water partition coefficient (Wildman–Crippen LogP) is 3.59. The van der Waals surface area contributed by atoms with E-state index in [2.05, 4.69) is 13.2 Å². The first-order valence-electron chi connectivity index (χ1n) is 4.65. The maximum atomic E-state index is 12.7. The molecule has 0 amide bonds. The fourth-order valence-electron chi connectivity index (χ4n) is 0.931. The van der Waals surface area contributed by atoms with Crippen molar-refractivity contribution in [2.24, 2.45) is 5.92 Å².